The fourth-order valence-electron chi connectivity index (χ4n) is 1.64. The molecule has 1 heterocycles. The monoisotopic (exact) mass is 315 g/mol. The molecule has 0 unspecified atom stereocenters. The van der Waals surface area contributed by atoms with Gasteiger partial charge in [-0.05, 0) is 26.7 Å². The van der Waals surface area contributed by atoms with Crippen LogP contribution in [-0.4, -0.2) is 31.3 Å². The molecule has 1 aromatic heterocycles. The molecule has 8 heteroatoms. The van der Waals surface area contributed by atoms with Gasteiger partial charge in [-0.25, -0.2) is 4.98 Å². The summed E-state index contributed by atoms with van der Waals surface area (Å²) >= 11 is 0. The first-order valence-electron chi connectivity index (χ1n) is 6.54. The van der Waals surface area contributed by atoms with Crippen LogP contribution in [0.1, 0.15) is 25.5 Å². The Morgan fingerprint density at radius 1 is 1.52 bits per heavy atom. The third kappa shape index (κ3) is 5.58. The average Bonchev–Trinajstić information content (AvgIpc) is 2.40. The summed E-state index contributed by atoms with van der Waals surface area (Å²) in [7, 11) is -1.91. The van der Waals surface area contributed by atoms with E-state index in [1.807, 2.05) is 20.0 Å². The van der Waals surface area contributed by atoms with Gasteiger partial charge < -0.3 is 9.50 Å². The van der Waals surface area contributed by atoms with E-state index in [1.165, 1.54) is 17.8 Å². The van der Waals surface area contributed by atoms with Crippen LogP contribution in [0, 0.1) is 6.92 Å². The van der Waals surface area contributed by atoms with E-state index in [4.69, 9.17) is 4.18 Å². The standard InChI is InChI=1S/C13H21N3O4S/c1-10(14-3)7-5-6-8-16-9-15-11(2)12(13(16)17)20-21(4,18)19/h7,9,14H,5-6,8H2,1-4H3/b10-7+. The lowest BCUT2D eigenvalue weighted by Crippen LogP contribution is -2.25. The summed E-state index contributed by atoms with van der Waals surface area (Å²) in [5.74, 6) is -0.234. The van der Waals surface area contributed by atoms with E-state index in [-0.39, 0.29) is 11.4 Å². The summed E-state index contributed by atoms with van der Waals surface area (Å²) in [5, 5.41) is 3.01. The number of aromatic nitrogens is 2. The molecule has 1 rings (SSSR count). The highest BCUT2D eigenvalue weighted by Gasteiger charge is 2.14. The molecule has 0 atom stereocenters. The van der Waals surface area contributed by atoms with Gasteiger partial charge in [-0.3, -0.25) is 9.36 Å². The third-order valence-electron chi connectivity index (χ3n) is 2.86. The minimum absolute atomic E-state index is 0.234. The van der Waals surface area contributed by atoms with E-state index in [1.54, 1.807) is 0 Å². The number of nitrogens with one attached hydrogen (secondary N) is 1. The second kappa shape index (κ2) is 7.26. The fourth-order valence-corrected chi connectivity index (χ4v) is 2.14. The molecule has 0 bridgehead atoms. The average molecular weight is 315 g/mol. The van der Waals surface area contributed by atoms with Crippen LogP contribution in [0.2, 0.25) is 0 Å². The van der Waals surface area contributed by atoms with Crippen LogP contribution in [0.4, 0.5) is 0 Å². The van der Waals surface area contributed by atoms with Crippen LogP contribution in [0.25, 0.3) is 0 Å². The van der Waals surface area contributed by atoms with Crippen molar-refractivity contribution in [1.82, 2.24) is 14.9 Å². The van der Waals surface area contributed by atoms with E-state index in [2.05, 4.69) is 10.3 Å². The van der Waals surface area contributed by atoms with Gasteiger partial charge in [0.05, 0.1) is 18.3 Å². The first-order chi connectivity index (χ1) is 9.74. The van der Waals surface area contributed by atoms with Gasteiger partial charge in [-0.2, -0.15) is 8.42 Å². The zero-order valence-electron chi connectivity index (χ0n) is 12.7. The van der Waals surface area contributed by atoms with Crippen molar-refractivity contribution in [2.45, 2.75) is 33.2 Å². The third-order valence-corrected chi connectivity index (χ3v) is 3.33. The smallest absolute Gasteiger partial charge is 0.306 e. The molecular formula is C13H21N3O4S. The Hall–Kier alpha value is -1.83. The molecular weight excluding hydrogens is 294 g/mol. The highest BCUT2D eigenvalue weighted by Crippen LogP contribution is 2.10. The molecule has 0 amide bonds. The van der Waals surface area contributed by atoms with Gasteiger partial charge in [0.1, 0.15) is 0 Å². The Morgan fingerprint density at radius 3 is 2.76 bits per heavy atom. The predicted molar refractivity (Wildman–Crippen MR) is 80.8 cm³/mol. The maximum absolute atomic E-state index is 12.2. The summed E-state index contributed by atoms with van der Waals surface area (Å²) in [6.07, 6.45) is 5.87. The number of rotatable bonds is 7. The highest BCUT2D eigenvalue weighted by atomic mass is 32.2. The van der Waals surface area contributed by atoms with Gasteiger partial charge in [0.15, 0.2) is 0 Å². The maximum Gasteiger partial charge on any atom is 0.306 e. The number of hydrogen-bond donors (Lipinski definition) is 1. The van der Waals surface area contributed by atoms with Gasteiger partial charge in [-0.1, -0.05) is 6.08 Å². The molecule has 1 N–H and O–H groups in total. The second-order valence-corrected chi connectivity index (χ2v) is 6.30. The molecule has 0 saturated heterocycles. The Kier molecular flexibility index (Phi) is 5.95. The summed E-state index contributed by atoms with van der Waals surface area (Å²) in [6.45, 7) is 3.93. The molecule has 0 aliphatic rings. The molecule has 0 fully saturated rings. The Bertz CT molecular complexity index is 677. The van der Waals surface area contributed by atoms with Crippen LogP contribution in [0.3, 0.4) is 0 Å². The van der Waals surface area contributed by atoms with Crippen molar-refractivity contribution in [2.75, 3.05) is 13.3 Å². The first-order valence-corrected chi connectivity index (χ1v) is 8.36. The van der Waals surface area contributed by atoms with Crippen LogP contribution in [0.5, 0.6) is 5.75 Å². The van der Waals surface area contributed by atoms with E-state index in [0.717, 1.165) is 24.8 Å². The summed E-state index contributed by atoms with van der Waals surface area (Å²) in [5.41, 5.74) is 0.834. The van der Waals surface area contributed by atoms with Crippen molar-refractivity contribution < 1.29 is 12.6 Å². The van der Waals surface area contributed by atoms with Crippen molar-refractivity contribution in [3.8, 4) is 5.75 Å². The Morgan fingerprint density at radius 2 is 2.19 bits per heavy atom. The van der Waals surface area contributed by atoms with Crippen molar-refractivity contribution in [3.05, 3.63) is 34.1 Å². The van der Waals surface area contributed by atoms with E-state index >= 15 is 0 Å². The van der Waals surface area contributed by atoms with Gasteiger partial charge in [0.25, 0.3) is 5.56 Å². The second-order valence-electron chi connectivity index (χ2n) is 4.72. The molecule has 0 spiro atoms. The quantitative estimate of drug-likeness (QED) is 0.591. The molecule has 0 radical (unpaired) electrons. The molecule has 21 heavy (non-hydrogen) atoms. The number of unbranched alkanes of at least 4 members (excludes halogenated alkanes) is 1. The molecule has 7 nitrogen and oxygen atoms in total. The van der Waals surface area contributed by atoms with Crippen LogP contribution in [0.15, 0.2) is 22.9 Å². The lowest BCUT2D eigenvalue weighted by Gasteiger charge is -2.09. The van der Waals surface area contributed by atoms with E-state index in [9.17, 15) is 13.2 Å². The molecule has 1 aromatic rings. The van der Waals surface area contributed by atoms with Crippen LogP contribution in [-0.2, 0) is 16.7 Å². The lowest BCUT2D eigenvalue weighted by atomic mass is 10.2. The van der Waals surface area contributed by atoms with E-state index < -0.39 is 15.7 Å². The van der Waals surface area contributed by atoms with Crippen molar-refractivity contribution >= 4 is 10.1 Å². The van der Waals surface area contributed by atoms with Gasteiger partial charge in [0, 0.05) is 19.3 Å². The molecule has 0 aromatic carbocycles. The van der Waals surface area contributed by atoms with Crippen molar-refractivity contribution in [3.63, 3.8) is 0 Å². The van der Waals surface area contributed by atoms with Gasteiger partial charge >= 0.3 is 10.1 Å². The molecule has 0 saturated carbocycles. The number of hydrogen-bond acceptors (Lipinski definition) is 6. The number of aryl methyl sites for hydroxylation is 2. The lowest BCUT2D eigenvalue weighted by molar-refractivity contribution is 0.475. The van der Waals surface area contributed by atoms with E-state index in [0.29, 0.717) is 6.54 Å². The largest absolute Gasteiger partial charge is 0.392 e. The van der Waals surface area contributed by atoms with Crippen molar-refractivity contribution in [2.24, 2.45) is 0 Å². The summed E-state index contributed by atoms with van der Waals surface area (Å²) in [6, 6.07) is 0. The predicted octanol–water partition coefficient (Wildman–Crippen LogP) is 0.794. The van der Waals surface area contributed by atoms with Crippen molar-refractivity contribution in [1.29, 1.82) is 0 Å². The molecule has 118 valence electrons. The maximum atomic E-state index is 12.2. The van der Waals surface area contributed by atoms with Gasteiger partial charge in [-0.15, -0.1) is 0 Å². The molecule has 0 aliphatic carbocycles. The summed E-state index contributed by atoms with van der Waals surface area (Å²) < 4.78 is 28.4. The minimum Gasteiger partial charge on any atom is -0.392 e. The minimum atomic E-state index is -3.75. The van der Waals surface area contributed by atoms with Gasteiger partial charge in [0.2, 0.25) is 5.75 Å². The molecule has 0 aliphatic heterocycles. The highest BCUT2D eigenvalue weighted by molar-refractivity contribution is 7.86. The SMILES string of the molecule is CN/C(C)=C/CCCn1cnc(C)c(OS(C)(=O)=O)c1=O. The zero-order valence-corrected chi connectivity index (χ0v) is 13.5. The normalized spacial score (nSPS) is 12.3. The Labute approximate surface area is 124 Å². The number of allylic oxidation sites excluding steroid dienone is 2. The summed E-state index contributed by atoms with van der Waals surface area (Å²) in [4.78, 5) is 16.2. The Balaban J connectivity index is 2.86. The van der Waals surface area contributed by atoms with Crippen LogP contribution >= 0.6 is 0 Å². The van der Waals surface area contributed by atoms with Crippen LogP contribution < -0.4 is 15.1 Å². The number of nitrogens with zero attached hydrogens (tertiary/aromatic N) is 2. The first kappa shape index (κ1) is 17.2. The zero-order chi connectivity index (χ0) is 16.0. The fraction of sp³-hybridized carbons (Fsp3) is 0.538. The topological polar surface area (TPSA) is 90.3 Å².